The molecule has 0 aromatic heterocycles. The fourth-order valence-electron chi connectivity index (χ4n) is 4.54. The van der Waals surface area contributed by atoms with Crippen LogP contribution in [0.2, 0.25) is 0 Å². The van der Waals surface area contributed by atoms with Gasteiger partial charge in [-0.05, 0) is 25.3 Å². The Labute approximate surface area is 228 Å². The van der Waals surface area contributed by atoms with Crippen molar-refractivity contribution in [2.45, 2.75) is 135 Å². The highest BCUT2D eigenvalue weighted by atomic mass is 16.7. The number of carbonyl (C=O) groups excluding carboxylic acids is 3. The number of ether oxygens (including phenoxy) is 3. The van der Waals surface area contributed by atoms with E-state index >= 15 is 0 Å². The van der Waals surface area contributed by atoms with Gasteiger partial charge in [0.05, 0.1) is 24.3 Å². The van der Waals surface area contributed by atoms with Crippen molar-refractivity contribution < 1.29 is 28.6 Å². The minimum absolute atomic E-state index is 0.0789. The zero-order valence-electron chi connectivity index (χ0n) is 23.8. The lowest BCUT2D eigenvalue weighted by atomic mass is 9.88. The molecule has 5 N–H and O–H groups in total. The van der Waals surface area contributed by atoms with Crippen LogP contribution < -0.4 is 16.8 Å². The fourth-order valence-corrected chi connectivity index (χ4v) is 4.54. The number of carbonyl (C=O) groups is 3. The largest absolute Gasteiger partial charge is 0.428 e. The normalized spacial score (nSPS) is 19.0. The van der Waals surface area contributed by atoms with Gasteiger partial charge >= 0.3 is 11.9 Å². The Balaban J connectivity index is 2.61. The first-order valence-electron chi connectivity index (χ1n) is 14.3. The molecule has 0 saturated carbocycles. The van der Waals surface area contributed by atoms with Crippen molar-refractivity contribution in [2.24, 2.45) is 16.5 Å². The number of hydrogen-bond donors (Lipinski definition) is 3. The van der Waals surface area contributed by atoms with E-state index in [0.29, 0.717) is 12.0 Å². The predicted molar refractivity (Wildman–Crippen MR) is 148 cm³/mol. The summed E-state index contributed by atoms with van der Waals surface area (Å²) >= 11 is 0. The van der Waals surface area contributed by atoms with Crippen molar-refractivity contribution in [3.05, 3.63) is 11.6 Å². The Morgan fingerprint density at radius 3 is 2.13 bits per heavy atom. The first kappa shape index (κ1) is 33.4. The summed E-state index contributed by atoms with van der Waals surface area (Å²) in [7, 11) is 0. The van der Waals surface area contributed by atoms with E-state index in [-0.39, 0.29) is 24.4 Å². The molecule has 0 heterocycles. The quantitative estimate of drug-likeness (QED) is 0.0732. The van der Waals surface area contributed by atoms with Gasteiger partial charge in [-0.15, -0.1) is 0 Å². The van der Waals surface area contributed by atoms with Crippen LogP contribution in [-0.2, 0) is 28.6 Å². The summed E-state index contributed by atoms with van der Waals surface area (Å²) in [6.07, 6.45) is 13.3. The monoisotopic (exact) mass is 538 g/mol. The van der Waals surface area contributed by atoms with E-state index in [2.05, 4.69) is 17.2 Å². The topological polar surface area (TPSA) is 155 Å². The molecule has 0 fully saturated rings. The number of unbranched alkanes of at least 4 members (excludes halogenated alkanes) is 8. The maximum atomic E-state index is 12.8. The summed E-state index contributed by atoms with van der Waals surface area (Å²) in [6, 6.07) is -1.18. The van der Waals surface area contributed by atoms with Gasteiger partial charge in [0.25, 0.3) is 0 Å². The number of rotatable bonds is 19. The van der Waals surface area contributed by atoms with Crippen LogP contribution in [0.5, 0.6) is 0 Å². The highest BCUT2D eigenvalue weighted by molar-refractivity contribution is 5.89. The lowest BCUT2D eigenvalue weighted by molar-refractivity contribution is -0.165. The molecule has 0 radical (unpaired) electrons. The number of nitrogens with zero attached hydrogens (tertiary/aromatic N) is 1. The highest BCUT2D eigenvalue weighted by Crippen LogP contribution is 2.27. The summed E-state index contributed by atoms with van der Waals surface area (Å²) in [6.45, 7) is 7.14. The second-order valence-electron chi connectivity index (χ2n) is 9.93. The Kier molecular flexibility index (Phi) is 17.1. The zero-order valence-corrected chi connectivity index (χ0v) is 23.8. The second-order valence-corrected chi connectivity index (χ2v) is 9.93. The van der Waals surface area contributed by atoms with Crippen molar-refractivity contribution in [1.82, 2.24) is 5.32 Å². The second kappa shape index (κ2) is 19.4. The van der Waals surface area contributed by atoms with E-state index < -0.39 is 36.9 Å². The van der Waals surface area contributed by atoms with Gasteiger partial charge in [0.1, 0.15) is 0 Å². The zero-order chi connectivity index (χ0) is 28.3. The summed E-state index contributed by atoms with van der Waals surface area (Å²) in [4.78, 5) is 40.9. The van der Waals surface area contributed by atoms with Gasteiger partial charge in [-0.25, -0.2) is 9.79 Å². The molecular formula is C28H50N4O6. The van der Waals surface area contributed by atoms with Gasteiger partial charge in [-0.3, -0.25) is 9.59 Å². The highest BCUT2D eigenvalue weighted by Gasteiger charge is 2.38. The molecule has 38 heavy (non-hydrogen) atoms. The lowest BCUT2D eigenvalue weighted by Gasteiger charge is -2.36. The smallest absolute Gasteiger partial charge is 0.336 e. The lowest BCUT2D eigenvalue weighted by Crippen LogP contribution is -2.54. The van der Waals surface area contributed by atoms with Crippen LogP contribution in [-0.4, -0.2) is 54.9 Å². The van der Waals surface area contributed by atoms with Crippen molar-refractivity contribution >= 4 is 23.8 Å². The van der Waals surface area contributed by atoms with Gasteiger partial charge in [-0.2, -0.15) is 0 Å². The van der Waals surface area contributed by atoms with E-state index in [1.54, 1.807) is 6.08 Å². The molecule has 1 aliphatic carbocycles. The number of esters is 2. The number of nitrogens with one attached hydrogen (secondary N) is 1. The summed E-state index contributed by atoms with van der Waals surface area (Å²) in [5.41, 5.74) is 11.5. The van der Waals surface area contributed by atoms with Gasteiger partial charge in [0.2, 0.25) is 12.7 Å². The maximum absolute atomic E-state index is 12.8. The third-order valence-electron chi connectivity index (χ3n) is 6.66. The molecule has 218 valence electrons. The minimum Gasteiger partial charge on any atom is -0.428 e. The van der Waals surface area contributed by atoms with E-state index in [1.807, 2.05) is 13.8 Å². The molecular weight excluding hydrogens is 488 g/mol. The van der Waals surface area contributed by atoms with Gasteiger partial charge < -0.3 is 31.0 Å². The molecule has 1 aliphatic rings. The Bertz CT molecular complexity index is 777. The number of hydrogen-bond acceptors (Lipinski definition) is 7. The van der Waals surface area contributed by atoms with Crippen LogP contribution in [0.25, 0.3) is 0 Å². The van der Waals surface area contributed by atoms with E-state index in [9.17, 15) is 14.4 Å². The molecule has 10 nitrogen and oxygen atoms in total. The van der Waals surface area contributed by atoms with Gasteiger partial charge in [-0.1, -0.05) is 72.1 Å². The molecule has 0 spiro atoms. The van der Waals surface area contributed by atoms with Crippen molar-refractivity contribution in [3.8, 4) is 0 Å². The SMILES string of the molecule is CCCCCCCCCCCC(=O)OCOC(=O)C1=C[C@@H](OC(CC)CC)[C@H](NC(C)=O)[C@@H](N=C(N)N)C1. The average Bonchev–Trinajstić information content (AvgIpc) is 2.87. The number of aliphatic imine (C=N–C) groups is 1. The first-order chi connectivity index (χ1) is 18.2. The van der Waals surface area contributed by atoms with Crippen LogP contribution in [0.15, 0.2) is 16.6 Å². The molecule has 1 rings (SSSR count). The molecule has 10 heteroatoms. The number of nitrogens with two attached hydrogens (primary N) is 2. The van der Waals surface area contributed by atoms with E-state index in [4.69, 9.17) is 25.7 Å². The molecule has 3 atom stereocenters. The van der Waals surface area contributed by atoms with Crippen molar-refractivity contribution in [1.29, 1.82) is 0 Å². The third kappa shape index (κ3) is 13.8. The third-order valence-corrected chi connectivity index (χ3v) is 6.66. The minimum atomic E-state index is -0.643. The van der Waals surface area contributed by atoms with Crippen LogP contribution in [0.1, 0.15) is 111 Å². The number of amides is 1. The molecule has 1 amide bonds. The molecule has 0 aromatic rings. The first-order valence-corrected chi connectivity index (χ1v) is 14.3. The Morgan fingerprint density at radius 2 is 1.58 bits per heavy atom. The van der Waals surface area contributed by atoms with Crippen LogP contribution in [0.4, 0.5) is 0 Å². The van der Waals surface area contributed by atoms with Crippen LogP contribution in [0, 0.1) is 0 Å². The molecule has 0 bridgehead atoms. The standard InChI is InChI=1S/C28H50N4O6/c1-5-8-9-10-11-12-13-14-15-16-25(34)36-19-37-27(35)21-17-23(32-28(29)30)26(31-20(4)33)24(18-21)38-22(6-2)7-3/h18,22-24,26H,5-17,19H2,1-4H3,(H,31,33)(H4,29,30,32)/t23-,24+,26+/m0/s1. The van der Waals surface area contributed by atoms with Crippen LogP contribution >= 0.6 is 0 Å². The van der Waals surface area contributed by atoms with Crippen LogP contribution in [0.3, 0.4) is 0 Å². The predicted octanol–water partition coefficient (Wildman–Crippen LogP) is 4.00. The maximum Gasteiger partial charge on any atom is 0.336 e. The summed E-state index contributed by atoms with van der Waals surface area (Å²) in [5, 5.41) is 2.85. The molecule has 0 unspecified atom stereocenters. The average molecular weight is 539 g/mol. The Morgan fingerprint density at radius 1 is 0.974 bits per heavy atom. The molecule has 0 aromatic carbocycles. The summed E-state index contributed by atoms with van der Waals surface area (Å²) < 4.78 is 16.5. The van der Waals surface area contributed by atoms with Gasteiger partial charge in [0, 0.05) is 25.3 Å². The van der Waals surface area contributed by atoms with Crippen molar-refractivity contribution in [3.63, 3.8) is 0 Å². The fraction of sp³-hybridized carbons (Fsp3) is 0.786. The molecule has 0 saturated heterocycles. The van der Waals surface area contributed by atoms with E-state index in [1.165, 1.54) is 45.4 Å². The summed E-state index contributed by atoms with van der Waals surface area (Å²) in [5.74, 6) is -1.46. The molecule has 0 aliphatic heterocycles. The van der Waals surface area contributed by atoms with Gasteiger partial charge in [0.15, 0.2) is 5.96 Å². The van der Waals surface area contributed by atoms with E-state index in [0.717, 1.165) is 32.1 Å². The number of guanidine groups is 1. The Hall–Kier alpha value is -2.62. The van der Waals surface area contributed by atoms with Crippen molar-refractivity contribution in [2.75, 3.05) is 6.79 Å².